The molecule has 0 saturated carbocycles. The number of esters is 1. The van der Waals surface area contributed by atoms with Gasteiger partial charge in [0.1, 0.15) is 12.3 Å². The van der Waals surface area contributed by atoms with Crippen molar-refractivity contribution in [3.05, 3.63) is 55.1 Å². The van der Waals surface area contributed by atoms with E-state index in [9.17, 15) is 14.4 Å². The van der Waals surface area contributed by atoms with Gasteiger partial charge in [-0.15, -0.1) is 13.2 Å². The second-order valence-corrected chi connectivity index (χ2v) is 4.92. The summed E-state index contributed by atoms with van der Waals surface area (Å²) >= 11 is 0. The number of methoxy groups -OCH3 is 1. The van der Waals surface area contributed by atoms with E-state index in [0.29, 0.717) is 24.4 Å². The molecule has 0 bridgehead atoms. The summed E-state index contributed by atoms with van der Waals surface area (Å²) in [5, 5.41) is 2.43. The summed E-state index contributed by atoms with van der Waals surface area (Å²) in [6, 6.07) is 6.63. The monoisotopic (exact) mass is 346 g/mol. The number of hydrogen-bond acceptors (Lipinski definition) is 5. The van der Waals surface area contributed by atoms with Crippen LogP contribution < -0.4 is 10.1 Å². The van der Waals surface area contributed by atoms with E-state index in [1.54, 1.807) is 36.4 Å². The molecule has 0 heterocycles. The summed E-state index contributed by atoms with van der Waals surface area (Å²) in [4.78, 5) is 37.1. The highest BCUT2D eigenvalue weighted by atomic mass is 16.5. The number of ether oxygens (including phenoxy) is 2. The van der Waals surface area contributed by atoms with Crippen LogP contribution in [0.1, 0.15) is 10.4 Å². The Balaban J connectivity index is 2.46. The van der Waals surface area contributed by atoms with Gasteiger partial charge in [0.05, 0.1) is 12.7 Å². The van der Waals surface area contributed by atoms with Gasteiger partial charge in [-0.3, -0.25) is 14.4 Å². The van der Waals surface area contributed by atoms with Gasteiger partial charge in [0.15, 0.2) is 6.61 Å². The molecular formula is C18H22N2O5. The van der Waals surface area contributed by atoms with E-state index < -0.39 is 18.5 Å². The highest BCUT2D eigenvalue weighted by Crippen LogP contribution is 2.16. The molecule has 0 fully saturated rings. The lowest BCUT2D eigenvalue weighted by atomic mass is 10.2. The molecule has 0 spiro atoms. The van der Waals surface area contributed by atoms with Gasteiger partial charge in [-0.2, -0.15) is 0 Å². The number of amides is 2. The van der Waals surface area contributed by atoms with Gasteiger partial charge >= 0.3 is 5.97 Å². The lowest BCUT2D eigenvalue weighted by molar-refractivity contribution is -0.150. The number of para-hydroxylation sites is 1. The average Bonchev–Trinajstić information content (AvgIpc) is 2.63. The lowest BCUT2D eigenvalue weighted by Crippen LogP contribution is -2.37. The number of nitrogens with zero attached hydrogens (tertiary/aromatic N) is 1. The minimum absolute atomic E-state index is 0.303. The van der Waals surface area contributed by atoms with Gasteiger partial charge in [0.25, 0.3) is 11.8 Å². The van der Waals surface area contributed by atoms with Crippen molar-refractivity contribution in [3.63, 3.8) is 0 Å². The first kappa shape index (κ1) is 20.0. The van der Waals surface area contributed by atoms with Crippen molar-refractivity contribution in [2.45, 2.75) is 0 Å². The molecule has 25 heavy (non-hydrogen) atoms. The molecule has 0 aliphatic heterocycles. The number of benzene rings is 1. The van der Waals surface area contributed by atoms with Gasteiger partial charge < -0.3 is 19.7 Å². The first-order valence-electron chi connectivity index (χ1n) is 7.59. The molecule has 134 valence electrons. The maximum absolute atomic E-state index is 12.0. The Bertz CT molecular complexity index is 632. The Morgan fingerprint density at radius 1 is 1.16 bits per heavy atom. The minimum atomic E-state index is -0.714. The predicted molar refractivity (Wildman–Crippen MR) is 93.3 cm³/mol. The summed E-state index contributed by atoms with van der Waals surface area (Å²) in [6.45, 7) is 7.00. The molecule has 1 rings (SSSR count). The van der Waals surface area contributed by atoms with Crippen LogP contribution >= 0.6 is 0 Å². The van der Waals surface area contributed by atoms with E-state index in [1.165, 1.54) is 12.0 Å². The molecule has 0 unspecified atom stereocenters. The van der Waals surface area contributed by atoms with E-state index in [1.807, 2.05) is 0 Å². The maximum Gasteiger partial charge on any atom is 0.325 e. The fraction of sp³-hybridized carbons (Fsp3) is 0.278. The van der Waals surface area contributed by atoms with E-state index >= 15 is 0 Å². The van der Waals surface area contributed by atoms with Crippen LogP contribution in [0.2, 0.25) is 0 Å². The van der Waals surface area contributed by atoms with Crippen LogP contribution in [-0.4, -0.2) is 56.0 Å². The molecule has 0 aromatic heterocycles. The minimum Gasteiger partial charge on any atom is -0.496 e. The van der Waals surface area contributed by atoms with Gasteiger partial charge in [0, 0.05) is 13.1 Å². The summed E-state index contributed by atoms with van der Waals surface area (Å²) in [5.41, 5.74) is 0.303. The topological polar surface area (TPSA) is 84.9 Å². The van der Waals surface area contributed by atoms with Crippen LogP contribution in [0.5, 0.6) is 5.75 Å². The highest BCUT2D eigenvalue weighted by molar-refractivity contribution is 5.98. The van der Waals surface area contributed by atoms with Crippen LogP contribution in [-0.2, 0) is 14.3 Å². The zero-order valence-corrected chi connectivity index (χ0v) is 14.2. The van der Waals surface area contributed by atoms with E-state index in [2.05, 4.69) is 18.5 Å². The lowest BCUT2D eigenvalue weighted by Gasteiger charge is -2.19. The molecule has 1 aromatic rings. The Hall–Kier alpha value is -3.09. The highest BCUT2D eigenvalue weighted by Gasteiger charge is 2.16. The third-order valence-corrected chi connectivity index (χ3v) is 3.15. The molecule has 1 N–H and O–H groups in total. The van der Waals surface area contributed by atoms with E-state index in [0.717, 1.165) is 0 Å². The van der Waals surface area contributed by atoms with E-state index in [4.69, 9.17) is 9.47 Å². The van der Waals surface area contributed by atoms with Crippen LogP contribution in [0, 0.1) is 0 Å². The molecule has 0 aliphatic rings. The largest absolute Gasteiger partial charge is 0.496 e. The summed E-state index contributed by atoms with van der Waals surface area (Å²) in [5.74, 6) is -1.16. The number of carbonyl (C=O) groups is 3. The van der Waals surface area contributed by atoms with E-state index in [-0.39, 0.29) is 12.5 Å². The number of rotatable bonds is 10. The molecular weight excluding hydrogens is 324 g/mol. The quantitative estimate of drug-likeness (QED) is 0.508. The van der Waals surface area contributed by atoms with Crippen molar-refractivity contribution < 1.29 is 23.9 Å². The molecule has 7 nitrogen and oxygen atoms in total. The third kappa shape index (κ3) is 6.50. The molecule has 0 radical (unpaired) electrons. The molecule has 0 aliphatic carbocycles. The van der Waals surface area contributed by atoms with Gasteiger partial charge in [-0.1, -0.05) is 24.3 Å². The fourth-order valence-corrected chi connectivity index (χ4v) is 1.95. The Labute approximate surface area is 146 Å². The number of hydrogen-bond donors (Lipinski definition) is 1. The Morgan fingerprint density at radius 2 is 1.80 bits per heavy atom. The first-order valence-corrected chi connectivity index (χ1v) is 7.59. The fourth-order valence-electron chi connectivity index (χ4n) is 1.95. The smallest absolute Gasteiger partial charge is 0.325 e. The second kappa shape index (κ2) is 10.6. The Kier molecular flexibility index (Phi) is 8.49. The average molecular weight is 346 g/mol. The molecule has 1 aromatic carbocycles. The van der Waals surface area contributed by atoms with Crippen molar-refractivity contribution in [1.29, 1.82) is 0 Å². The van der Waals surface area contributed by atoms with Gasteiger partial charge in [0.2, 0.25) is 0 Å². The zero-order valence-electron chi connectivity index (χ0n) is 14.2. The Morgan fingerprint density at radius 3 is 2.40 bits per heavy atom. The summed E-state index contributed by atoms with van der Waals surface area (Å²) in [7, 11) is 1.45. The molecule has 0 atom stereocenters. The molecule has 2 amide bonds. The first-order chi connectivity index (χ1) is 12.0. The van der Waals surface area contributed by atoms with Crippen LogP contribution in [0.3, 0.4) is 0 Å². The van der Waals surface area contributed by atoms with Gasteiger partial charge in [-0.25, -0.2) is 0 Å². The standard InChI is InChI=1S/C18H22N2O5/c1-4-10-20(11-5-2)16(21)13-25-17(22)12-19-18(23)14-8-6-7-9-15(14)24-3/h4-9H,1-2,10-13H2,3H3,(H,19,23). The number of nitrogens with one attached hydrogen (secondary N) is 1. The summed E-state index contributed by atoms with van der Waals surface area (Å²) in [6.07, 6.45) is 3.13. The SMILES string of the molecule is C=CCN(CC=C)C(=O)COC(=O)CNC(=O)c1ccccc1OC. The van der Waals surface area contributed by atoms with Crippen LogP contribution in [0.15, 0.2) is 49.6 Å². The van der Waals surface area contributed by atoms with Crippen LogP contribution in [0.4, 0.5) is 0 Å². The maximum atomic E-state index is 12.0. The van der Waals surface area contributed by atoms with Crippen molar-refractivity contribution >= 4 is 17.8 Å². The van der Waals surface area contributed by atoms with Crippen LogP contribution in [0.25, 0.3) is 0 Å². The third-order valence-electron chi connectivity index (χ3n) is 3.15. The summed E-state index contributed by atoms with van der Waals surface area (Å²) < 4.78 is 9.96. The van der Waals surface area contributed by atoms with Gasteiger partial charge in [-0.05, 0) is 12.1 Å². The normalized spacial score (nSPS) is 9.64. The van der Waals surface area contributed by atoms with Crippen molar-refractivity contribution in [2.24, 2.45) is 0 Å². The number of carbonyl (C=O) groups excluding carboxylic acids is 3. The van der Waals surface area contributed by atoms with Crippen molar-refractivity contribution in [1.82, 2.24) is 10.2 Å². The zero-order chi connectivity index (χ0) is 18.7. The van der Waals surface area contributed by atoms with Crippen molar-refractivity contribution in [2.75, 3.05) is 33.4 Å². The molecule has 0 saturated heterocycles. The van der Waals surface area contributed by atoms with Crippen molar-refractivity contribution in [3.8, 4) is 5.75 Å². The molecule has 7 heteroatoms. The predicted octanol–water partition coefficient (Wildman–Crippen LogP) is 1.17. The second-order valence-electron chi connectivity index (χ2n) is 4.92.